The summed E-state index contributed by atoms with van der Waals surface area (Å²) in [7, 11) is -3.78. The van der Waals surface area contributed by atoms with Crippen molar-refractivity contribution in [2.45, 2.75) is 11.8 Å². The summed E-state index contributed by atoms with van der Waals surface area (Å²) in [6.07, 6.45) is 0. The van der Waals surface area contributed by atoms with Crippen molar-refractivity contribution in [1.29, 1.82) is 0 Å². The topological polar surface area (TPSA) is 113 Å². The molecule has 7 nitrogen and oxygen atoms in total. The van der Waals surface area contributed by atoms with Crippen LogP contribution in [0.5, 0.6) is 0 Å². The van der Waals surface area contributed by atoms with Crippen LogP contribution < -0.4 is 10.0 Å². The highest BCUT2D eigenvalue weighted by Crippen LogP contribution is 2.11. The second kappa shape index (κ2) is 6.30. The van der Waals surface area contributed by atoms with Gasteiger partial charge in [0.2, 0.25) is 15.9 Å². The molecule has 1 aromatic rings. The minimum absolute atomic E-state index is 0.0270. The number of benzene rings is 1. The summed E-state index contributed by atoms with van der Waals surface area (Å²) >= 11 is 0. The van der Waals surface area contributed by atoms with Crippen LogP contribution in [0.1, 0.15) is 17.3 Å². The molecule has 0 radical (unpaired) electrons. The molecule has 0 saturated carbocycles. The fourth-order valence-corrected chi connectivity index (χ4v) is 2.38. The Labute approximate surface area is 110 Å². The van der Waals surface area contributed by atoms with E-state index in [1.165, 1.54) is 25.1 Å². The van der Waals surface area contributed by atoms with Crippen LogP contribution in [0, 0.1) is 0 Å². The average Bonchev–Trinajstić information content (AvgIpc) is 2.34. The van der Waals surface area contributed by atoms with Gasteiger partial charge in [-0.3, -0.25) is 4.79 Å². The van der Waals surface area contributed by atoms with Crippen molar-refractivity contribution in [3.05, 3.63) is 29.8 Å². The van der Waals surface area contributed by atoms with Crippen LogP contribution in [0.4, 0.5) is 0 Å². The predicted molar refractivity (Wildman–Crippen MR) is 67.3 cm³/mol. The van der Waals surface area contributed by atoms with E-state index in [2.05, 4.69) is 10.0 Å². The third-order valence-corrected chi connectivity index (χ3v) is 3.64. The predicted octanol–water partition coefficient (Wildman–Crippen LogP) is -0.201. The molecule has 8 heteroatoms. The molecule has 0 fully saturated rings. The van der Waals surface area contributed by atoms with Gasteiger partial charge in [0.15, 0.2) is 0 Å². The van der Waals surface area contributed by atoms with Gasteiger partial charge in [0.05, 0.1) is 10.5 Å². The number of aromatic carboxylic acids is 1. The van der Waals surface area contributed by atoms with Crippen LogP contribution in [0.2, 0.25) is 0 Å². The highest BCUT2D eigenvalue weighted by atomic mass is 32.2. The molecule has 0 saturated heterocycles. The van der Waals surface area contributed by atoms with Crippen molar-refractivity contribution in [1.82, 2.24) is 10.0 Å². The molecule has 0 aliphatic carbocycles. The smallest absolute Gasteiger partial charge is 0.335 e. The van der Waals surface area contributed by atoms with Gasteiger partial charge in [0.1, 0.15) is 0 Å². The first-order valence-corrected chi connectivity index (χ1v) is 6.89. The van der Waals surface area contributed by atoms with Gasteiger partial charge >= 0.3 is 5.97 Å². The van der Waals surface area contributed by atoms with Gasteiger partial charge in [-0.2, -0.15) is 0 Å². The maximum Gasteiger partial charge on any atom is 0.335 e. The van der Waals surface area contributed by atoms with Crippen molar-refractivity contribution >= 4 is 21.9 Å². The molecule has 3 N–H and O–H groups in total. The molecule has 1 amide bonds. The minimum atomic E-state index is -3.78. The summed E-state index contributed by atoms with van der Waals surface area (Å²) in [6, 6.07) is 5.03. The summed E-state index contributed by atoms with van der Waals surface area (Å²) in [5.74, 6) is -1.46. The Morgan fingerprint density at radius 2 is 1.95 bits per heavy atom. The van der Waals surface area contributed by atoms with Gasteiger partial charge in [0, 0.05) is 20.0 Å². The zero-order valence-electron chi connectivity index (χ0n) is 10.2. The summed E-state index contributed by atoms with van der Waals surface area (Å²) < 4.78 is 25.9. The lowest BCUT2D eigenvalue weighted by Crippen LogP contribution is -2.33. The SMILES string of the molecule is CC(=O)NCCNS(=O)(=O)c1cccc(C(=O)O)c1. The quantitative estimate of drug-likeness (QED) is 0.627. The van der Waals surface area contributed by atoms with Gasteiger partial charge < -0.3 is 10.4 Å². The van der Waals surface area contributed by atoms with Gasteiger partial charge in [-0.25, -0.2) is 17.9 Å². The number of amides is 1. The Morgan fingerprint density at radius 1 is 1.26 bits per heavy atom. The van der Waals surface area contributed by atoms with E-state index in [1.54, 1.807) is 0 Å². The lowest BCUT2D eigenvalue weighted by Gasteiger charge is -2.07. The molecule has 0 aliphatic rings. The van der Waals surface area contributed by atoms with Crippen molar-refractivity contribution < 1.29 is 23.1 Å². The van der Waals surface area contributed by atoms with Crippen LogP contribution in [-0.2, 0) is 14.8 Å². The lowest BCUT2D eigenvalue weighted by molar-refractivity contribution is -0.118. The first-order valence-electron chi connectivity index (χ1n) is 5.40. The molecule has 104 valence electrons. The molecule has 19 heavy (non-hydrogen) atoms. The maximum absolute atomic E-state index is 11.8. The second-order valence-electron chi connectivity index (χ2n) is 3.71. The number of hydrogen-bond acceptors (Lipinski definition) is 4. The van der Waals surface area contributed by atoms with E-state index in [4.69, 9.17) is 5.11 Å². The van der Waals surface area contributed by atoms with E-state index < -0.39 is 16.0 Å². The van der Waals surface area contributed by atoms with E-state index in [0.717, 1.165) is 6.07 Å². The van der Waals surface area contributed by atoms with Gasteiger partial charge in [-0.05, 0) is 18.2 Å². The summed E-state index contributed by atoms with van der Waals surface area (Å²) in [6.45, 7) is 1.51. The molecule has 0 unspecified atom stereocenters. The van der Waals surface area contributed by atoms with Crippen LogP contribution >= 0.6 is 0 Å². The Balaban J connectivity index is 2.74. The Kier molecular flexibility index (Phi) is 5.02. The molecule has 0 aromatic heterocycles. The molecule has 0 bridgehead atoms. The van der Waals surface area contributed by atoms with Crippen molar-refractivity contribution in [3.63, 3.8) is 0 Å². The molecular weight excluding hydrogens is 272 g/mol. The van der Waals surface area contributed by atoms with E-state index in [0.29, 0.717) is 0 Å². The number of carbonyl (C=O) groups is 2. The highest BCUT2D eigenvalue weighted by Gasteiger charge is 2.15. The van der Waals surface area contributed by atoms with Gasteiger partial charge in [-0.1, -0.05) is 6.07 Å². The number of sulfonamides is 1. The first-order chi connectivity index (χ1) is 8.83. The summed E-state index contributed by atoms with van der Waals surface area (Å²) in [5, 5.41) is 11.2. The monoisotopic (exact) mass is 286 g/mol. The zero-order valence-corrected chi connectivity index (χ0v) is 11.0. The van der Waals surface area contributed by atoms with E-state index >= 15 is 0 Å². The van der Waals surface area contributed by atoms with Gasteiger partial charge in [-0.15, -0.1) is 0 Å². The molecule has 1 rings (SSSR count). The Morgan fingerprint density at radius 3 is 2.53 bits per heavy atom. The van der Waals surface area contributed by atoms with Crippen molar-refractivity contribution in [2.75, 3.05) is 13.1 Å². The molecule has 1 aromatic carbocycles. The molecule has 0 aliphatic heterocycles. The number of rotatable bonds is 6. The minimum Gasteiger partial charge on any atom is -0.478 e. The normalized spacial score (nSPS) is 11.0. The fraction of sp³-hybridized carbons (Fsp3) is 0.273. The Hall–Kier alpha value is -1.93. The van der Waals surface area contributed by atoms with Crippen molar-refractivity contribution in [2.24, 2.45) is 0 Å². The fourth-order valence-electron chi connectivity index (χ4n) is 1.30. The zero-order chi connectivity index (χ0) is 14.5. The first kappa shape index (κ1) is 15.1. The maximum atomic E-state index is 11.8. The van der Waals surface area contributed by atoms with Crippen LogP contribution in [0.25, 0.3) is 0 Å². The van der Waals surface area contributed by atoms with E-state index in [-0.39, 0.29) is 29.5 Å². The van der Waals surface area contributed by atoms with Crippen molar-refractivity contribution in [3.8, 4) is 0 Å². The highest BCUT2D eigenvalue weighted by molar-refractivity contribution is 7.89. The standard InChI is InChI=1S/C11H14N2O5S/c1-8(14)12-5-6-13-19(17,18)10-4-2-3-9(7-10)11(15)16/h2-4,7,13H,5-6H2,1H3,(H,12,14)(H,15,16). The number of nitrogens with one attached hydrogen (secondary N) is 2. The molecule has 0 atom stereocenters. The summed E-state index contributed by atoms with van der Waals surface area (Å²) in [5.41, 5.74) is -0.107. The second-order valence-corrected chi connectivity index (χ2v) is 5.48. The average molecular weight is 286 g/mol. The number of carbonyl (C=O) groups excluding carboxylic acids is 1. The Bertz CT molecular complexity index is 583. The van der Waals surface area contributed by atoms with Crippen LogP contribution in [0.15, 0.2) is 29.2 Å². The van der Waals surface area contributed by atoms with Gasteiger partial charge in [0.25, 0.3) is 0 Å². The van der Waals surface area contributed by atoms with Crippen LogP contribution in [-0.4, -0.2) is 38.5 Å². The van der Waals surface area contributed by atoms with E-state index in [9.17, 15) is 18.0 Å². The molecule has 0 spiro atoms. The van der Waals surface area contributed by atoms with Crippen LogP contribution in [0.3, 0.4) is 0 Å². The number of hydrogen-bond donors (Lipinski definition) is 3. The third-order valence-electron chi connectivity index (χ3n) is 2.18. The largest absolute Gasteiger partial charge is 0.478 e. The lowest BCUT2D eigenvalue weighted by atomic mass is 10.2. The molecule has 0 heterocycles. The molecular formula is C11H14N2O5S. The summed E-state index contributed by atoms with van der Waals surface area (Å²) in [4.78, 5) is 21.2. The number of carboxylic acids is 1. The third kappa shape index (κ3) is 4.68. The van der Waals surface area contributed by atoms with E-state index in [1.807, 2.05) is 0 Å². The number of carboxylic acid groups (broad SMARTS) is 1.